The van der Waals surface area contributed by atoms with Crippen molar-refractivity contribution in [3.05, 3.63) is 11.3 Å². The second kappa shape index (κ2) is 5.96. The fraction of sp³-hybridized carbons (Fsp3) is 0.714. The molecule has 0 rings (SSSR count). The molecule has 0 aromatic heterocycles. The lowest BCUT2D eigenvalue weighted by Crippen LogP contribution is -1.97. The van der Waals surface area contributed by atoms with Crippen molar-refractivity contribution < 1.29 is 0 Å². The Morgan fingerprint density at radius 1 is 1.22 bits per heavy atom. The zero-order valence-electron chi connectivity index (χ0n) is 6.40. The molecule has 0 aliphatic carbocycles. The normalized spacial score (nSPS) is 11.9. The molecule has 0 fully saturated rings. The fourth-order valence-corrected chi connectivity index (χ4v) is 0.529. The molecule has 0 unspecified atom stereocenters. The quantitative estimate of drug-likeness (QED) is 0.642. The standard InChI is InChI=1S/C7H15N.ClH/c1-4-6(3)7(8)5-2;/h4-5,8H2,1-3H3;1H. The lowest BCUT2D eigenvalue weighted by molar-refractivity contribution is 0.966. The lowest BCUT2D eigenvalue weighted by atomic mass is 10.1. The Labute approximate surface area is 63.7 Å². The van der Waals surface area contributed by atoms with E-state index < -0.39 is 0 Å². The Morgan fingerprint density at radius 3 is 1.78 bits per heavy atom. The van der Waals surface area contributed by atoms with Crippen molar-refractivity contribution >= 4 is 12.4 Å². The summed E-state index contributed by atoms with van der Waals surface area (Å²) >= 11 is 0. The summed E-state index contributed by atoms with van der Waals surface area (Å²) in [4.78, 5) is 0. The molecule has 2 heteroatoms. The molecular weight excluding hydrogens is 134 g/mol. The molecule has 0 radical (unpaired) electrons. The van der Waals surface area contributed by atoms with E-state index in [1.807, 2.05) is 0 Å². The molecule has 0 aliphatic rings. The van der Waals surface area contributed by atoms with E-state index in [0.29, 0.717) is 0 Å². The van der Waals surface area contributed by atoms with E-state index in [-0.39, 0.29) is 12.4 Å². The predicted molar refractivity (Wildman–Crippen MR) is 44.7 cm³/mol. The molecule has 2 N–H and O–H groups in total. The summed E-state index contributed by atoms with van der Waals surface area (Å²) in [6, 6.07) is 0. The van der Waals surface area contributed by atoms with Crippen LogP contribution in [0.15, 0.2) is 11.3 Å². The summed E-state index contributed by atoms with van der Waals surface area (Å²) < 4.78 is 0. The van der Waals surface area contributed by atoms with Gasteiger partial charge in [-0.2, -0.15) is 0 Å². The number of nitrogens with two attached hydrogens (primary N) is 1. The smallest absolute Gasteiger partial charge is 0.00666 e. The molecule has 0 spiro atoms. The van der Waals surface area contributed by atoms with Crippen LogP contribution in [0.2, 0.25) is 0 Å². The molecule has 56 valence electrons. The fourth-order valence-electron chi connectivity index (χ4n) is 0.529. The molecule has 9 heavy (non-hydrogen) atoms. The van der Waals surface area contributed by atoms with Gasteiger partial charge in [0.2, 0.25) is 0 Å². The summed E-state index contributed by atoms with van der Waals surface area (Å²) in [7, 11) is 0. The van der Waals surface area contributed by atoms with Crippen LogP contribution in [0.3, 0.4) is 0 Å². The third-order valence-corrected chi connectivity index (χ3v) is 1.46. The maximum Gasteiger partial charge on any atom is 0.00666 e. The summed E-state index contributed by atoms with van der Waals surface area (Å²) in [5.41, 5.74) is 7.98. The van der Waals surface area contributed by atoms with Gasteiger partial charge in [0.15, 0.2) is 0 Å². The van der Waals surface area contributed by atoms with Crippen molar-refractivity contribution in [3.63, 3.8) is 0 Å². The Hall–Kier alpha value is -0.170. The Morgan fingerprint density at radius 2 is 1.67 bits per heavy atom. The lowest BCUT2D eigenvalue weighted by Gasteiger charge is -1.99. The maximum atomic E-state index is 5.61. The van der Waals surface area contributed by atoms with Gasteiger partial charge < -0.3 is 5.73 Å². The minimum absolute atomic E-state index is 0. The first-order valence-corrected chi connectivity index (χ1v) is 3.16. The van der Waals surface area contributed by atoms with Gasteiger partial charge in [-0.25, -0.2) is 0 Å². The van der Waals surface area contributed by atoms with E-state index >= 15 is 0 Å². The van der Waals surface area contributed by atoms with E-state index in [2.05, 4.69) is 20.8 Å². The zero-order valence-corrected chi connectivity index (χ0v) is 7.22. The number of allylic oxidation sites excluding steroid dienone is 2. The molecule has 0 amide bonds. The first kappa shape index (κ1) is 11.6. The summed E-state index contributed by atoms with van der Waals surface area (Å²) in [6.07, 6.45) is 2.07. The first-order valence-electron chi connectivity index (χ1n) is 3.16. The second-order valence-electron chi connectivity index (χ2n) is 2.01. The molecule has 0 bridgehead atoms. The van der Waals surface area contributed by atoms with Gasteiger partial charge in [-0.15, -0.1) is 12.4 Å². The van der Waals surface area contributed by atoms with Crippen LogP contribution in [0.25, 0.3) is 0 Å². The number of halogens is 1. The monoisotopic (exact) mass is 149 g/mol. The SMILES string of the molecule is CCC(C)=C(N)CC.Cl. The van der Waals surface area contributed by atoms with Crippen LogP contribution in [0.5, 0.6) is 0 Å². The highest BCUT2D eigenvalue weighted by Gasteiger charge is 1.89. The van der Waals surface area contributed by atoms with Crippen LogP contribution < -0.4 is 5.73 Å². The van der Waals surface area contributed by atoms with Gasteiger partial charge in [-0.3, -0.25) is 0 Å². The molecule has 0 atom stereocenters. The van der Waals surface area contributed by atoms with Crippen molar-refractivity contribution in [3.8, 4) is 0 Å². The Kier molecular flexibility index (Phi) is 7.68. The highest BCUT2D eigenvalue weighted by Crippen LogP contribution is 2.04. The van der Waals surface area contributed by atoms with Crippen LogP contribution in [0.1, 0.15) is 33.6 Å². The van der Waals surface area contributed by atoms with Crippen LogP contribution in [0, 0.1) is 0 Å². The minimum atomic E-state index is 0. The van der Waals surface area contributed by atoms with Crippen LogP contribution in [-0.4, -0.2) is 0 Å². The molecule has 1 nitrogen and oxygen atoms in total. The Balaban J connectivity index is 0. The minimum Gasteiger partial charge on any atom is -0.402 e. The van der Waals surface area contributed by atoms with Crippen LogP contribution in [-0.2, 0) is 0 Å². The summed E-state index contributed by atoms with van der Waals surface area (Å²) in [5, 5.41) is 0. The van der Waals surface area contributed by atoms with E-state index in [9.17, 15) is 0 Å². The molecule has 0 aromatic rings. The van der Waals surface area contributed by atoms with E-state index in [1.165, 1.54) is 5.57 Å². The molecule has 0 aromatic carbocycles. The van der Waals surface area contributed by atoms with E-state index in [0.717, 1.165) is 18.5 Å². The van der Waals surface area contributed by atoms with Gasteiger partial charge in [0.1, 0.15) is 0 Å². The Bertz CT molecular complexity index is 85.1. The maximum absolute atomic E-state index is 5.61. The van der Waals surface area contributed by atoms with Gasteiger partial charge in [0, 0.05) is 5.70 Å². The summed E-state index contributed by atoms with van der Waals surface area (Å²) in [5.74, 6) is 0. The van der Waals surface area contributed by atoms with Crippen molar-refractivity contribution in [2.75, 3.05) is 0 Å². The number of hydrogen-bond acceptors (Lipinski definition) is 1. The van der Waals surface area contributed by atoms with Gasteiger partial charge in [0.25, 0.3) is 0 Å². The van der Waals surface area contributed by atoms with E-state index in [4.69, 9.17) is 5.73 Å². The highest BCUT2D eigenvalue weighted by molar-refractivity contribution is 5.85. The molecule has 0 saturated heterocycles. The van der Waals surface area contributed by atoms with Gasteiger partial charge >= 0.3 is 0 Å². The van der Waals surface area contributed by atoms with Gasteiger partial charge in [0.05, 0.1) is 0 Å². The van der Waals surface area contributed by atoms with Gasteiger partial charge in [-0.1, -0.05) is 19.4 Å². The molecule has 0 saturated carbocycles. The predicted octanol–water partition coefficient (Wildman–Crippen LogP) is 2.46. The highest BCUT2D eigenvalue weighted by atomic mass is 35.5. The summed E-state index contributed by atoms with van der Waals surface area (Å²) in [6.45, 7) is 6.28. The average Bonchev–Trinajstić information content (AvgIpc) is 1.84. The topological polar surface area (TPSA) is 26.0 Å². The average molecular weight is 150 g/mol. The number of rotatable bonds is 2. The van der Waals surface area contributed by atoms with Gasteiger partial charge in [-0.05, 0) is 19.8 Å². The van der Waals surface area contributed by atoms with Crippen molar-refractivity contribution in [2.45, 2.75) is 33.6 Å². The van der Waals surface area contributed by atoms with Crippen LogP contribution in [0.4, 0.5) is 0 Å². The van der Waals surface area contributed by atoms with Crippen LogP contribution >= 0.6 is 12.4 Å². The third-order valence-electron chi connectivity index (χ3n) is 1.46. The van der Waals surface area contributed by atoms with Crippen molar-refractivity contribution in [1.82, 2.24) is 0 Å². The third kappa shape index (κ3) is 4.34. The second-order valence-corrected chi connectivity index (χ2v) is 2.01. The number of hydrogen-bond donors (Lipinski definition) is 1. The zero-order chi connectivity index (χ0) is 6.57. The first-order chi connectivity index (χ1) is 3.72. The van der Waals surface area contributed by atoms with Crippen molar-refractivity contribution in [1.29, 1.82) is 0 Å². The van der Waals surface area contributed by atoms with E-state index in [1.54, 1.807) is 0 Å². The largest absolute Gasteiger partial charge is 0.402 e. The molecule has 0 heterocycles. The molecular formula is C7H16ClN. The van der Waals surface area contributed by atoms with Crippen molar-refractivity contribution in [2.24, 2.45) is 5.73 Å². The molecule has 0 aliphatic heterocycles.